The van der Waals surface area contributed by atoms with Gasteiger partial charge in [0.2, 0.25) is 0 Å². The number of carbonyl (C=O) groups is 6. The van der Waals surface area contributed by atoms with Crippen molar-refractivity contribution in [3.63, 3.8) is 0 Å². The number of ether oxygens (including phenoxy) is 2. The van der Waals surface area contributed by atoms with Crippen LogP contribution in [0.5, 0.6) is 0 Å². The van der Waals surface area contributed by atoms with E-state index >= 15 is 13.2 Å². The number of nitrogens with two attached hydrogens (primary N) is 4. The number of benzene rings is 8. The van der Waals surface area contributed by atoms with E-state index in [4.69, 9.17) is 44.0 Å². The van der Waals surface area contributed by atoms with Gasteiger partial charge in [-0.25, -0.2) is 74.4 Å². The molecule has 6 amide bonds. The molecule has 2 saturated heterocycles. The van der Waals surface area contributed by atoms with E-state index in [1.807, 2.05) is 0 Å². The van der Waals surface area contributed by atoms with Gasteiger partial charge in [0.15, 0.2) is 0 Å². The number of aromatic nitrogens is 7. The van der Waals surface area contributed by atoms with Crippen molar-refractivity contribution in [2.45, 2.75) is 112 Å². The summed E-state index contributed by atoms with van der Waals surface area (Å²) in [6, 6.07) is 31.6. The number of aliphatic hydroxyl groups is 7. The van der Waals surface area contributed by atoms with Crippen LogP contribution in [0.1, 0.15) is 183 Å². The number of alkyl halides is 2. The van der Waals surface area contributed by atoms with Crippen molar-refractivity contribution in [2.24, 2.45) is 5.92 Å². The molecule has 8 aromatic carbocycles. The maximum Gasteiger partial charge on any atom is 0.274 e. The lowest BCUT2D eigenvalue weighted by Crippen LogP contribution is -2.40. The van der Waals surface area contributed by atoms with Gasteiger partial charge < -0.3 is 99.2 Å². The number of piperidine rings is 1. The summed E-state index contributed by atoms with van der Waals surface area (Å²) in [5, 5.41) is 78.8. The molecule has 0 bridgehead atoms. The van der Waals surface area contributed by atoms with Crippen molar-refractivity contribution in [3.8, 4) is 44.9 Å². The Bertz CT molecular complexity index is 6760. The number of aliphatic hydroxyl groups excluding tert-OH is 7. The third-order valence-corrected chi connectivity index (χ3v) is 26.7. The molecule has 19 N–H and O–H groups in total. The second-order valence-corrected chi connectivity index (χ2v) is 38.1. The van der Waals surface area contributed by atoms with Gasteiger partial charge in [0.05, 0.1) is 134 Å². The predicted molar refractivity (Wildman–Crippen MR) is 536 cm³/mol. The largest absolute Gasteiger partial charge is 0.396 e. The third-order valence-electron chi connectivity index (χ3n) is 25.0. The molecular weight excluding hydrogens is 2150 g/mol. The van der Waals surface area contributed by atoms with Crippen LogP contribution in [0, 0.1) is 46.6 Å². The quantitative estimate of drug-likeness (QED) is 0.0224. The fourth-order valence-corrected chi connectivity index (χ4v) is 18.6. The second-order valence-electron chi connectivity index (χ2n) is 34.9. The van der Waals surface area contributed by atoms with Crippen molar-refractivity contribution in [1.29, 1.82) is 0 Å². The zero-order valence-corrected chi connectivity index (χ0v) is 83.7. The zero-order valence-electron chi connectivity index (χ0n) is 78.2. The number of anilines is 4. The van der Waals surface area contributed by atoms with Gasteiger partial charge in [-0.2, -0.15) is 0 Å². The average molecular weight is 2250 g/mol. The van der Waals surface area contributed by atoms with Gasteiger partial charge in [-0.05, 0) is 200 Å². The summed E-state index contributed by atoms with van der Waals surface area (Å²) >= 11 is 15.5. The summed E-state index contributed by atoms with van der Waals surface area (Å²) in [6.07, 6.45) is 5.58. The van der Waals surface area contributed by atoms with Crippen LogP contribution in [0.3, 0.4) is 0 Å². The molecule has 4 aromatic heterocycles. The Labute approximate surface area is 865 Å². The maximum atomic E-state index is 15.1. The van der Waals surface area contributed by atoms with Gasteiger partial charge >= 0.3 is 0 Å². The molecule has 32 nitrogen and oxygen atoms in total. The number of morpholine rings is 1. The molecule has 0 spiro atoms. The zero-order chi connectivity index (χ0) is 106. The summed E-state index contributed by atoms with van der Waals surface area (Å²) < 4.78 is 141. The van der Waals surface area contributed by atoms with Gasteiger partial charge in [0.1, 0.15) is 92.9 Å². The fraction of sp³-hybridized carbons (Fsp3) is 0.304. The molecule has 16 rings (SSSR count). The number of halogens is 13. The third kappa shape index (κ3) is 28.3. The minimum Gasteiger partial charge on any atom is -0.396 e. The molecule has 4 aliphatic rings. The summed E-state index contributed by atoms with van der Waals surface area (Å²) in [5.41, 5.74) is 27.6. The minimum atomic E-state index is -3.15. The standard InChI is InChI=1S/C26H26BrF2N5O4.C26H27BrF2N4O4.C25H23BrF2N4O4.C25H24ClF3N4O3/c27-17-7-16(8-18(28)10-17)22(13-36)33-25(37)19-2-1-15(9-20(19)29)23-24(30)31-11-21(32-23)26(38)34-5-3-14(12-35)4-6-34;1-37-23-5-3-13(9-22(23)35)20-11-31-25(30)24(32-20)14-2-4-18(19(29)8-14)26(36)33-21(12-34)15-6-16(27)10-17(28)7-15;26-17-7-15(8-18(27)11-17)22(13-33)31-24(34)19-2-1-14(10-21(19)28)20-9-16(12-30-23(20)29)25(35)32-3-5-36-6-4-32;26-16-3-1-2-13(8-16)20(12-34)33-24(36)17-5-4-15(9-18(17)27)22-23(30)31-11-19(32-22)14-6-7-25(28,29)21(35)10-14/h1-2,7-11,14,22,35-36H,3-6,12-13H2,(H2,30,31)(H,33,37);2,4,6-8,10-11,13,21-23,34-35H,3,5,9,12H2,1H3,(H2,30,31)(H,33,36);1-2,7-12,22,33H,3-6,13H2,(H2,29,30)(H,31,34);1-5,8-9,11,14,20-21,34-35H,6-7,10,12H2,(H2,30,31)(H,33,36)/t22-;13-,21+,22-,23-;22-;14-,20+,21+/m1010/s1. The molecule has 45 heteroatoms. The Balaban J connectivity index is 0.000000164. The highest BCUT2D eigenvalue weighted by Crippen LogP contribution is 2.43. The molecule has 2 saturated carbocycles. The molecule has 9 atom stereocenters. The number of likely N-dealkylation sites (tertiary alicyclic amines) is 1. The summed E-state index contributed by atoms with van der Waals surface area (Å²) in [7, 11) is 1.57. The van der Waals surface area contributed by atoms with E-state index in [1.54, 1.807) is 59.5 Å². The normalized spacial score (nSPS) is 17.4. The molecule has 4 fully saturated rings. The number of methoxy groups -OCH3 is 1. The Morgan fingerprint density at radius 3 is 1.27 bits per heavy atom. The van der Waals surface area contributed by atoms with Crippen LogP contribution in [0.2, 0.25) is 5.02 Å². The van der Waals surface area contributed by atoms with E-state index < -0.39 is 145 Å². The van der Waals surface area contributed by atoms with E-state index in [9.17, 15) is 90.9 Å². The molecule has 774 valence electrons. The maximum absolute atomic E-state index is 15.1. The number of amides is 6. The Morgan fingerprint density at radius 1 is 0.463 bits per heavy atom. The lowest BCUT2D eigenvalue weighted by Gasteiger charge is -2.32. The Hall–Kier alpha value is -13.1. The first-order valence-corrected chi connectivity index (χ1v) is 48.7. The fourth-order valence-electron chi connectivity index (χ4n) is 17.0. The first-order chi connectivity index (χ1) is 70.2. The van der Waals surface area contributed by atoms with Crippen LogP contribution >= 0.6 is 59.4 Å². The summed E-state index contributed by atoms with van der Waals surface area (Å²) in [4.78, 5) is 110. The van der Waals surface area contributed by atoms with Gasteiger partial charge in [-0.3, -0.25) is 28.8 Å². The topological polar surface area (TPSA) is 511 Å². The van der Waals surface area contributed by atoms with Crippen LogP contribution in [0.25, 0.3) is 44.9 Å². The number of nitrogen functional groups attached to an aromatic ring is 4. The SMILES string of the molecule is CO[C@H]1CC[C@H](c2cnc(N)c(-c3ccc(C(=O)N[C@H](CO)c4cc(F)cc(Br)c4)c(F)c3)n2)C[C@@H]1O.Nc1ncc(C(=O)N2CCC(CO)CC2)nc1-c1ccc(C(=O)N[C@H](CO)c2cc(F)cc(Br)c2)c(F)c1.Nc1ncc(C(=O)N2CCOCC2)cc1-c1ccc(C(=O)N[C@H](CO)c2cc(F)cc(Br)c2)c(F)c1.Nc1ncc([C@H]2CCC(F)(F)[C@H](O)C2)nc1-c1ccc(C(=O)N[C@H](CO)c2cccc(Cl)c2)c(F)c1. The van der Waals surface area contributed by atoms with E-state index in [0.717, 1.165) is 36.8 Å². The molecule has 2 aliphatic heterocycles. The molecule has 12 aromatic rings. The summed E-state index contributed by atoms with van der Waals surface area (Å²) in [6.45, 7) is 0.851. The van der Waals surface area contributed by atoms with Crippen LogP contribution in [0.15, 0.2) is 196 Å². The van der Waals surface area contributed by atoms with E-state index in [2.05, 4.69) is 104 Å². The molecular formula is C102H100Br3ClF9N17O15. The number of carbonyl (C=O) groups excluding carboxylic acids is 6. The van der Waals surface area contributed by atoms with Gasteiger partial charge in [-0.15, -0.1) is 0 Å². The van der Waals surface area contributed by atoms with Crippen molar-refractivity contribution in [3.05, 3.63) is 309 Å². The number of rotatable bonds is 26. The van der Waals surface area contributed by atoms with Crippen molar-refractivity contribution >= 4 is 118 Å². The van der Waals surface area contributed by atoms with Crippen LogP contribution in [0.4, 0.5) is 62.8 Å². The number of nitrogens with zero attached hydrogens (tertiary/aromatic N) is 9. The number of hydrogen-bond donors (Lipinski definition) is 15. The van der Waals surface area contributed by atoms with E-state index in [0.29, 0.717) is 139 Å². The highest BCUT2D eigenvalue weighted by atomic mass is 79.9. The molecule has 6 heterocycles. The van der Waals surface area contributed by atoms with Crippen LogP contribution in [-0.4, -0.2) is 220 Å². The van der Waals surface area contributed by atoms with Crippen LogP contribution in [-0.2, 0) is 9.47 Å². The number of nitrogens with one attached hydrogen (secondary N) is 4. The first-order valence-electron chi connectivity index (χ1n) is 45.9. The molecule has 147 heavy (non-hydrogen) atoms. The average Bonchev–Trinajstić information content (AvgIpc) is 0.798. The summed E-state index contributed by atoms with van der Waals surface area (Å²) in [5.74, 6) is -12.1. The minimum absolute atomic E-state index is 0.00154. The van der Waals surface area contributed by atoms with Gasteiger partial charge in [-0.1, -0.05) is 95.8 Å². The Kier molecular flexibility index (Phi) is 38.2. The number of pyridine rings is 1. The van der Waals surface area contributed by atoms with Crippen molar-refractivity contribution in [2.75, 3.05) is 102 Å². The highest BCUT2D eigenvalue weighted by Gasteiger charge is 2.45. The predicted octanol–water partition coefficient (Wildman–Crippen LogP) is 14.5. The van der Waals surface area contributed by atoms with Crippen molar-refractivity contribution in [1.82, 2.24) is 66.0 Å². The number of hydrogen-bond acceptors (Lipinski definition) is 26. The monoisotopic (exact) mass is 2250 g/mol. The lowest BCUT2D eigenvalue weighted by molar-refractivity contribution is -0.135. The lowest BCUT2D eigenvalue weighted by atomic mass is 9.83. The molecule has 0 unspecified atom stereocenters. The Morgan fingerprint density at radius 2 is 0.864 bits per heavy atom. The molecule has 0 radical (unpaired) electrons. The van der Waals surface area contributed by atoms with Gasteiger partial charge in [0.25, 0.3) is 41.4 Å². The van der Waals surface area contributed by atoms with E-state index in [1.165, 1.54) is 110 Å². The first kappa shape index (κ1) is 111. The second kappa shape index (κ2) is 50.5. The highest BCUT2D eigenvalue weighted by molar-refractivity contribution is 9.11. The van der Waals surface area contributed by atoms with Crippen LogP contribution < -0.4 is 44.2 Å². The van der Waals surface area contributed by atoms with Crippen molar-refractivity contribution < 1.29 is 114 Å². The van der Waals surface area contributed by atoms with E-state index in [-0.39, 0.29) is 129 Å². The molecule has 2 aliphatic carbocycles. The van der Waals surface area contributed by atoms with Gasteiger partial charge in [0, 0.05) is 105 Å². The smallest absolute Gasteiger partial charge is 0.274 e.